The van der Waals surface area contributed by atoms with E-state index >= 15 is 0 Å². The van der Waals surface area contributed by atoms with E-state index < -0.39 is 10.1 Å². The SMILES string of the molecule is CS(=O)(=O)OCCn1ccc2cccc(OCc3ccccc3)c21. The lowest BCUT2D eigenvalue weighted by Crippen LogP contribution is -2.10. The van der Waals surface area contributed by atoms with Crippen molar-refractivity contribution in [2.24, 2.45) is 0 Å². The molecule has 0 bridgehead atoms. The lowest BCUT2D eigenvalue weighted by Gasteiger charge is -2.11. The third kappa shape index (κ3) is 4.15. The van der Waals surface area contributed by atoms with Gasteiger partial charge in [-0.3, -0.25) is 4.18 Å². The van der Waals surface area contributed by atoms with Crippen LogP contribution in [-0.4, -0.2) is 25.8 Å². The zero-order valence-corrected chi connectivity index (χ0v) is 14.2. The molecule has 0 atom stereocenters. The van der Waals surface area contributed by atoms with Crippen molar-refractivity contribution < 1.29 is 17.3 Å². The van der Waals surface area contributed by atoms with Gasteiger partial charge in [0.15, 0.2) is 0 Å². The van der Waals surface area contributed by atoms with Gasteiger partial charge in [0.1, 0.15) is 12.4 Å². The maximum Gasteiger partial charge on any atom is 0.264 e. The lowest BCUT2D eigenvalue weighted by molar-refractivity contribution is 0.299. The summed E-state index contributed by atoms with van der Waals surface area (Å²) in [5, 5.41) is 1.04. The van der Waals surface area contributed by atoms with Gasteiger partial charge in [-0.15, -0.1) is 0 Å². The van der Waals surface area contributed by atoms with Crippen LogP contribution in [0.15, 0.2) is 60.8 Å². The zero-order valence-electron chi connectivity index (χ0n) is 13.4. The van der Waals surface area contributed by atoms with Crippen LogP contribution in [0.5, 0.6) is 5.75 Å². The van der Waals surface area contributed by atoms with E-state index in [1.165, 1.54) is 0 Å². The Kier molecular flexibility index (Phi) is 4.87. The summed E-state index contributed by atoms with van der Waals surface area (Å²) in [6.45, 7) is 1.00. The van der Waals surface area contributed by atoms with Crippen molar-refractivity contribution in [1.29, 1.82) is 0 Å². The molecule has 0 unspecified atom stereocenters. The Labute approximate surface area is 141 Å². The fourth-order valence-corrected chi connectivity index (χ4v) is 2.93. The third-order valence-electron chi connectivity index (χ3n) is 3.62. The summed E-state index contributed by atoms with van der Waals surface area (Å²) in [7, 11) is -3.43. The molecular formula is C18H19NO4S. The van der Waals surface area contributed by atoms with Gasteiger partial charge in [-0.1, -0.05) is 42.5 Å². The van der Waals surface area contributed by atoms with E-state index in [1.807, 2.05) is 65.4 Å². The summed E-state index contributed by atoms with van der Waals surface area (Å²) >= 11 is 0. The maximum absolute atomic E-state index is 11.1. The first kappa shape index (κ1) is 16.5. The van der Waals surface area contributed by atoms with Gasteiger partial charge < -0.3 is 9.30 Å². The van der Waals surface area contributed by atoms with Crippen LogP contribution < -0.4 is 4.74 Å². The minimum atomic E-state index is -3.43. The third-order valence-corrected chi connectivity index (χ3v) is 4.21. The molecule has 3 aromatic rings. The summed E-state index contributed by atoms with van der Waals surface area (Å²) in [4.78, 5) is 0. The van der Waals surface area contributed by atoms with Crippen LogP contribution in [-0.2, 0) is 27.5 Å². The molecule has 0 radical (unpaired) electrons. The molecule has 0 amide bonds. The Morgan fingerprint density at radius 2 is 1.79 bits per heavy atom. The van der Waals surface area contributed by atoms with Crippen LogP contribution in [0.4, 0.5) is 0 Å². The molecule has 0 aliphatic carbocycles. The monoisotopic (exact) mass is 345 g/mol. The molecule has 24 heavy (non-hydrogen) atoms. The average molecular weight is 345 g/mol. The standard InChI is InChI=1S/C18H19NO4S/c1-24(20,21)23-13-12-19-11-10-16-8-5-9-17(18(16)19)22-14-15-6-3-2-4-7-15/h2-11H,12-14H2,1H3. The smallest absolute Gasteiger partial charge is 0.264 e. The van der Waals surface area contributed by atoms with Gasteiger partial charge in [-0.2, -0.15) is 8.42 Å². The van der Waals surface area contributed by atoms with Gasteiger partial charge in [0.05, 0.1) is 18.4 Å². The van der Waals surface area contributed by atoms with E-state index in [1.54, 1.807) is 0 Å². The normalized spacial score (nSPS) is 11.7. The first-order chi connectivity index (χ1) is 11.5. The molecule has 0 aliphatic heterocycles. The fourth-order valence-electron chi connectivity index (χ4n) is 2.55. The lowest BCUT2D eigenvalue weighted by atomic mass is 10.2. The highest BCUT2D eigenvalue weighted by Gasteiger charge is 2.09. The molecule has 1 aromatic heterocycles. The van der Waals surface area contributed by atoms with Crippen LogP contribution in [0.3, 0.4) is 0 Å². The van der Waals surface area contributed by atoms with Gasteiger partial charge in [-0.25, -0.2) is 0 Å². The summed E-state index contributed by atoms with van der Waals surface area (Å²) in [5.74, 6) is 0.765. The molecule has 0 spiro atoms. The van der Waals surface area contributed by atoms with Crippen molar-refractivity contribution >= 4 is 21.0 Å². The molecule has 0 aliphatic rings. The highest BCUT2D eigenvalue weighted by atomic mass is 32.2. The second-order valence-electron chi connectivity index (χ2n) is 5.50. The molecule has 0 saturated carbocycles. The average Bonchev–Trinajstić information content (AvgIpc) is 2.97. The number of rotatable bonds is 7. The second kappa shape index (κ2) is 7.07. The van der Waals surface area contributed by atoms with Crippen LogP contribution in [0.1, 0.15) is 5.56 Å². The number of para-hydroxylation sites is 1. The second-order valence-corrected chi connectivity index (χ2v) is 7.15. The predicted molar refractivity (Wildman–Crippen MR) is 93.5 cm³/mol. The van der Waals surface area contributed by atoms with Crippen molar-refractivity contribution in [2.45, 2.75) is 13.2 Å². The first-order valence-electron chi connectivity index (χ1n) is 7.62. The van der Waals surface area contributed by atoms with Gasteiger partial charge >= 0.3 is 0 Å². The zero-order chi connectivity index (χ0) is 17.0. The molecule has 0 N–H and O–H groups in total. The summed E-state index contributed by atoms with van der Waals surface area (Å²) in [6, 6.07) is 17.8. The predicted octanol–water partition coefficient (Wildman–Crippen LogP) is 3.20. The Hall–Kier alpha value is -2.31. The van der Waals surface area contributed by atoms with Crippen molar-refractivity contribution in [3.63, 3.8) is 0 Å². The largest absolute Gasteiger partial charge is 0.487 e. The van der Waals surface area contributed by atoms with E-state index in [4.69, 9.17) is 8.92 Å². The van der Waals surface area contributed by atoms with E-state index in [0.29, 0.717) is 13.2 Å². The van der Waals surface area contributed by atoms with Crippen LogP contribution >= 0.6 is 0 Å². The molecule has 2 aromatic carbocycles. The van der Waals surface area contributed by atoms with Crippen molar-refractivity contribution in [2.75, 3.05) is 12.9 Å². The van der Waals surface area contributed by atoms with Crippen LogP contribution in [0.2, 0.25) is 0 Å². The first-order valence-corrected chi connectivity index (χ1v) is 9.43. The van der Waals surface area contributed by atoms with Crippen LogP contribution in [0.25, 0.3) is 10.9 Å². The molecule has 0 fully saturated rings. The minimum absolute atomic E-state index is 0.0929. The number of hydrogen-bond donors (Lipinski definition) is 0. The number of nitrogens with zero attached hydrogens (tertiary/aromatic N) is 1. The number of ether oxygens (including phenoxy) is 1. The van der Waals surface area contributed by atoms with Gasteiger partial charge in [-0.05, 0) is 17.7 Å². The van der Waals surface area contributed by atoms with Crippen molar-refractivity contribution in [3.8, 4) is 5.75 Å². The number of aromatic nitrogens is 1. The Balaban J connectivity index is 1.79. The van der Waals surface area contributed by atoms with Gasteiger partial charge in [0.25, 0.3) is 10.1 Å². The Bertz CT molecular complexity index is 917. The highest BCUT2D eigenvalue weighted by molar-refractivity contribution is 7.85. The molecule has 3 rings (SSSR count). The van der Waals surface area contributed by atoms with Gasteiger partial charge in [0.2, 0.25) is 0 Å². The van der Waals surface area contributed by atoms with Crippen molar-refractivity contribution in [3.05, 3.63) is 66.4 Å². The molecular weight excluding hydrogens is 326 g/mol. The molecule has 5 nitrogen and oxygen atoms in total. The van der Waals surface area contributed by atoms with E-state index in [2.05, 4.69) is 0 Å². The summed E-state index contributed by atoms with van der Waals surface area (Å²) < 4.78 is 34.9. The summed E-state index contributed by atoms with van der Waals surface area (Å²) in [6.07, 6.45) is 2.96. The summed E-state index contributed by atoms with van der Waals surface area (Å²) in [5.41, 5.74) is 2.03. The molecule has 6 heteroatoms. The highest BCUT2D eigenvalue weighted by Crippen LogP contribution is 2.27. The van der Waals surface area contributed by atoms with Crippen molar-refractivity contribution in [1.82, 2.24) is 4.57 Å². The van der Waals surface area contributed by atoms with E-state index in [9.17, 15) is 8.42 Å². The Morgan fingerprint density at radius 3 is 2.54 bits per heavy atom. The van der Waals surface area contributed by atoms with Crippen LogP contribution in [0, 0.1) is 0 Å². The minimum Gasteiger partial charge on any atom is -0.487 e. The number of hydrogen-bond acceptors (Lipinski definition) is 4. The fraction of sp³-hybridized carbons (Fsp3) is 0.222. The van der Waals surface area contributed by atoms with Gasteiger partial charge in [0, 0.05) is 18.1 Å². The number of benzene rings is 2. The van der Waals surface area contributed by atoms with E-state index in [-0.39, 0.29) is 6.61 Å². The van der Waals surface area contributed by atoms with E-state index in [0.717, 1.165) is 28.5 Å². The maximum atomic E-state index is 11.1. The number of fused-ring (bicyclic) bond motifs is 1. The molecule has 126 valence electrons. The quantitative estimate of drug-likeness (QED) is 0.617. The Morgan fingerprint density at radius 1 is 1.00 bits per heavy atom. The topological polar surface area (TPSA) is 57.5 Å². The molecule has 0 saturated heterocycles. The molecule has 1 heterocycles.